The minimum absolute atomic E-state index is 0. The Morgan fingerprint density at radius 1 is 1.50 bits per heavy atom. The highest BCUT2D eigenvalue weighted by Gasteiger charge is 2.20. The van der Waals surface area contributed by atoms with E-state index in [2.05, 4.69) is 5.32 Å². The largest absolute Gasteiger partial charge is 0.338 e. The van der Waals surface area contributed by atoms with Crippen LogP contribution in [0, 0.1) is 0 Å². The molecule has 1 amide bonds. The zero-order valence-electron chi connectivity index (χ0n) is 10.3. The Bertz CT molecular complexity index is 461. The van der Waals surface area contributed by atoms with Crippen LogP contribution < -0.4 is 10.9 Å². The van der Waals surface area contributed by atoms with Crippen molar-refractivity contribution in [3.63, 3.8) is 0 Å². The number of rotatable bonds is 2. The smallest absolute Gasteiger partial charge is 0.250 e. The Hall–Kier alpha value is -1.33. The summed E-state index contributed by atoms with van der Waals surface area (Å²) in [5.41, 5.74) is -0.135. The Balaban J connectivity index is 0.00000162. The van der Waals surface area contributed by atoms with E-state index in [1.165, 1.54) is 10.6 Å². The second-order valence-corrected chi connectivity index (χ2v) is 4.36. The number of pyridine rings is 1. The van der Waals surface area contributed by atoms with Crippen LogP contribution in [0.25, 0.3) is 0 Å². The normalized spacial score (nSPS) is 19.2. The first kappa shape index (κ1) is 14.7. The van der Waals surface area contributed by atoms with Gasteiger partial charge in [-0.05, 0) is 13.0 Å². The minimum Gasteiger partial charge on any atom is -0.338 e. The highest BCUT2D eigenvalue weighted by Crippen LogP contribution is 2.00. The molecule has 5 nitrogen and oxygen atoms in total. The van der Waals surface area contributed by atoms with Gasteiger partial charge in [-0.3, -0.25) is 9.59 Å². The third kappa shape index (κ3) is 3.58. The molecule has 6 heteroatoms. The van der Waals surface area contributed by atoms with E-state index in [0.29, 0.717) is 19.1 Å². The number of hydrogen-bond donors (Lipinski definition) is 1. The fraction of sp³-hybridized carbons (Fsp3) is 0.500. The zero-order chi connectivity index (χ0) is 12.3. The van der Waals surface area contributed by atoms with Crippen molar-refractivity contribution >= 4 is 18.3 Å². The van der Waals surface area contributed by atoms with E-state index in [1.807, 2.05) is 6.92 Å². The summed E-state index contributed by atoms with van der Waals surface area (Å²) in [5, 5.41) is 3.28. The molecular weight excluding hydrogens is 254 g/mol. The predicted molar refractivity (Wildman–Crippen MR) is 72.0 cm³/mol. The molecule has 1 aromatic rings. The summed E-state index contributed by atoms with van der Waals surface area (Å²) in [4.78, 5) is 25.3. The van der Waals surface area contributed by atoms with Crippen molar-refractivity contribution in [3.8, 4) is 0 Å². The van der Waals surface area contributed by atoms with Crippen LogP contribution in [0.1, 0.15) is 6.92 Å². The Kier molecular flexibility index (Phi) is 5.37. The number of carbonyl (C=O) groups is 1. The molecule has 1 fully saturated rings. The Morgan fingerprint density at radius 3 is 2.94 bits per heavy atom. The van der Waals surface area contributed by atoms with E-state index < -0.39 is 0 Å². The molecule has 0 radical (unpaired) electrons. The van der Waals surface area contributed by atoms with Gasteiger partial charge in [-0.2, -0.15) is 0 Å². The van der Waals surface area contributed by atoms with Crippen LogP contribution in [-0.2, 0) is 11.3 Å². The molecule has 1 aliphatic heterocycles. The Morgan fingerprint density at radius 2 is 2.28 bits per heavy atom. The summed E-state index contributed by atoms with van der Waals surface area (Å²) in [6.45, 7) is 4.42. The van der Waals surface area contributed by atoms with E-state index in [0.717, 1.165) is 6.54 Å². The third-order valence-electron chi connectivity index (χ3n) is 2.93. The van der Waals surface area contributed by atoms with E-state index in [-0.39, 0.29) is 30.4 Å². The molecule has 1 N–H and O–H groups in total. The van der Waals surface area contributed by atoms with Crippen LogP contribution in [0.15, 0.2) is 29.2 Å². The molecule has 18 heavy (non-hydrogen) atoms. The van der Waals surface area contributed by atoms with Crippen molar-refractivity contribution in [2.75, 3.05) is 19.6 Å². The predicted octanol–water partition coefficient (Wildman–Crippen LogP) is 0.0904. The number of amides is 1. The fourth-order valence-corrected chi connectivity index (χ4v) is 2.00. The molecule has 0 aromatic carbocycles. The summed E-state index contributed by atoms with van der Waals surface area (Å²) >= 11 is 0. The van der Waals surface area contributed by atoms with Gasteiger partial charge in [0.25, 0.3) is 5.56 Å². The lowest BCUT2D eigenvalue weighted by atomic mass is 10.2. The average molecular weight is 272 g/mol. The molecule has 1 unspecified atom stereocenters. The highest BCUT2D eigenvalue weighted by molar-refractivity contribution is 5.85. The number of nitrogens with zero attached hydrogens (tertiary/aromatic N) is 2. The third-order valence-corrected chi connectivity index (χ3v) is 2.93. The van der Waals surface area contributed by atoms with Crippen LogP contribution >= 0.6 is 12.4 Å². The van der Waals surface area contributed by atoms with Crippen molar-refractivity contribution in [2.45, 2.75) is 19.5 Å². The molecule has 0 bridgehead atoms. The number of hydrogen-bond acceptors (Lipinski definition) is 3. The standard InChI is InChI=1S/C12H17N3O2.ClH/c1-10-8-15(7-5-13-10)12(17)9-14-6-3-2-4-11(14)16;/h2-4,6,10,13H,5,7-9H2,1H3;1H. The summed E-state index contributed by atoms with van der Waals surface area (Å²) in [5.74, 6) is 0.00616. The molecular formula is C12H18ClN3O2. The van der Waals surface area contributed by atoms with Gasteiger partial charge in [-0.1, -0.05) is 6.07 Å². The van der Waals surface area contributed by atoms with E-state index in [4.69, 9.17) is 0 Å². The van der Waals surface area contributed by atoms with Crippen molar-refractivity contribution in [3.05, 3.63) is 34.7 Å². The van der Waals surface area contributed by atoms with Gasteiger partial charge in [0.05, 0.1) is 0 Å². The first-order valence-electron chi connectivity index (χ1n) is 5.83. The average Bonchev–Trinajstić information content (AvgIpc) is 2.32. The summed E-state index contributed by atoms with van der Waals surface area (Å²) in [6.07, 6.45) is 1.64. The number of nitrogens with one attached hydrogen (secondary N) is 1. The molecule has 2 heterocycles. The lowest BCUT2D eigenvalue weighted by Gasteiger charge is -2.32. The maximum absolute atomic E-state index is 12.0. The van der Waals surface area contributed by atoms with Crippen LogP contribution in [0.4, 0.5) is 0 Å². The van der Waals surface area contributed by atoms with E-state index >= 15 is 0 Å². The number of aromatic nitrogens is 1. The van der Waals surface area contributed by atoms with Gasteiger partial charge < -0.3 is 14.8 Å². The first-order chi connectivity index (χ1) is 8.16. The van der Waals surface area contributed by atoms with Gasteiger partial charge in [-0.15, -0.1) is 12.4 Å². The topological polar surface area (TPSA) is 54.3 Å². The summed E-state index contributed by atoms with van der Waals surface area (Å²) < 4.78 is 1.44. The molecule has 0 aliphatic carbocycles. The molecule has 1 aromatic heterocycles. The molecule has 1 aliphatic rings. The second kappa shape index (κ2) is 6.56. The molecule has 1 saturated heterocycles. The first-order valence-corrected chi connectivity index (χ1v) is 5.83. The van der Waals surface area contributed by atoms with Gasteiger partial charge in [0.1, 0.15) is 6.54 Å². The van der Waals surface area contributed by atoms with Crippen LogP contribution in [0.2, 0.25) is 0 Å². The quantitative estimate of drug-likeness (QED) is 0.830. The van der Waals surface area contributed by atoms with Gasteiger partial charge in [0.15, 0.2) is 0 Å². The minimum atomic E-state index is -0.135. The van der Waals surface area contributed by atoms with Crippen LogP contribution in [0.3, 0.4) is 0 Å². The number of carbonyl (C=O) groups excluding carboxylic acids is 1. The monoisotopic (exact) mass is 271 g/mol. The van der Waals surface area contributed by atoms with Gasteiger partial charge in [0.2, 0.25) is 5.91 Å². The van der Waals surface area contributed by atoms with Gasteiger partial charge in [-0.25, -0.2) is 0 Å². The SMILES string of the molecule is CC1CN(C(=O)Cn2ccccc2=O)CCN1.Cl. The second-order valence-electron chi connectivity index (χ2n) is 4.36. The van der Waals surface area contributed by atoms with Crippen molar-refractivity contribution < 1.29 is 4.79 Å². The highest BCUT2D eigenvalue weighted by atomic mass is 35.5. The zero-order valence-corrected chi connectivity index (χ0v) is 11.2. The maximum Gasteiger partial charge on any atom is 0.250 e. The lowest BCUT2D eigenvalue weighted by molar-refractivity contribution is -0.133. The van der Waals surface area contributed by atoms with Gasteiger partial charge >= 0.3 is 0 Å². The summed E-state index contributed by atoms with van der Waals surface area (Å²) in [7, 11) is 0. The molecule has 0 saturated carbocycles. The lowest BCUT2D eigenvalue weighted by Crippen LogP contribution is -2.52. The van der Waals surface area contributed by atoms with Crippen LogP contribution in [0.5, 0.6) is 0 Å². The molecule has 1 atom stereocenters. The van der Waals surface area contributed by atoms with Gasteiger partial charge in [0, 0.05) is 37.9 Å². The fourth-order valence-electron chi connectivity index (χ4n) is 2.00. The molecule has 2 rings (SSSR count). The van der Waals surface area contributed by atoms with Crippen LogP contribution in [-0.4, -0.2) is 41.1 Å². The number of halogens is 1. The maximum atomic E-state index is 12.0. The summed E-state index contributed by atoms with van der Waals surface area (Å²) in [6, 6.07) is 5.22. The Labute approximate surface area is 112 Å². The van der Waals surface area contributed by atoms with Crippen molar-refractivity contribution in [2.24, 2.45) is 0 Å². The van der Waals surface area contributed by atoms with E-state index in [1.54, 1.807) is 23.2 Å². The van der Waals surface area contributed by atoms with Crippen molar-refractivity contribution in [1.29, 1.82) is 0 Å². The number of piperazine rings is 1. The molecule has 0 spiro atoms. The van der Waals surface area contributed by atoms with E-state index in [9.17, 15) is 9.59 Å². The molecule has 100 valence electrons. The van der Waals surface area contributed by atoms with Crippen molar-refractivity contribution in [1.82, 2.24) is 14.8 Å².